The van der Waals surface area contributed by atoms with E-state index in [0.717, 1.165) is 5.69 Å². The van der Waals surface area contributed by atoms with Crippen LogP contribution in [0.3, 0.4) is 0 Å². The second-order valence-corrected chi connectivity index (χ2v) is 3.96. The van der Waals surface area contributed by atoms with E-state index in [1.165, 1.54) is 12.1 Å². The average molecular weight is 232 g/mol. The number of benzene rings is 1. The summed E-state index contributed by atoms with van der Waals surface area (Å²) in [5.74, 6) is -0.924. The molecular formula is C13H13FN2O. The number of aryl methyl sites for hydroxylation is 1. The number of nitrogens with two attached hydrogens (primary N) is 1. The van der Waals surface area contributed by atoms with Gasteiger partial charge in [0.25, 0.3) is 0 Å². The summed E-state index contributed by atoms with van der Waals surface area (Å²) in [7, 11) is 1.74. The van der Waals surface area contributed by atoms with Gasteiger partial charge in [0.2, 0.25) is 5.78 Å². The first-order chi connectivity index (χ1) is 8.02. The topological polar surface area (TPSA) is 48.0 Å². The third-order valence-electron chi connectivity index (χ3n) is 2.84. The van der Waals surface area contributed by atoms with Crippen molar-refractivity contribution < 1.29 is 9.18 Å². The molecular weight excluding hydrogens is 219 g/mol. The molecule has 0 saturated carbocycles. The van der Waals surface area contributed by atoms with Gasteiger partial charge in [0, 0.05) is 12.7 Å². The lowest BCUT2D eigenvalue weighted by molar-refractivity contribution is 0.102. The van der Waals surface area contributed by atoms with Crippen LogP contribution in [0.4, 0.5) is 10.1 Å². The van der Waals surface area contributed by atoms with E-state index < -0.39 is 11.6 Å². The van der Waals surface area contributed by atoms with Gasteiger partial charge in [-0.25, -0.2) is 4.39 Å². The molecule has 0 aliphatic carbocycles. The summed E-state index contributed by atoms with van der Waals surface area (Å²) in [6.07, 6.45) is 0. The van der Waals surface area contributed by atoms with Crippen LogP contribution in [-0.4, -0.2) is 10.4 Å². The van der Waals surface area contributed by atoms with Gasteiger partial charge in [-0.15, -0.1) is 0 Å². The lowest BCUT2D eigenvalue weighted by atomic mass is 10.1. The van der Waals surface area contributed by atoms with E-state index in [9.17, 15) is 9.18 Å². The smallest absolute Gasteiger partial charge is 0.214 e. The molecule has 0 atom stereocenters. The summed E-state index contributed by atoms with van der Waals surface area (Å²) < 4.78 is 15.2. The maximum absolute atomic E-state index is 13.5. The van der Waals surface area contributed by atoms with E-state index in [-0.39, 0.29) is 5.56 Å². The van der Waals surface area contributed by atoms with Crippen LogP contribution in [0.5, 0.6) is 0 Å². The second kappa shape index (κ2) is 4.05. The van der Waals surface area contributed by atoms with Crippen molar-refractivity contribution in [1.82, 2.24) is 4.57 Å². The van der Waals surface area contributed by atoms with Crippen LogP contribution in [0.25, 0.3) is 0 Å². The van der Waals surface area contributed by atoms with Gasteiger partial charge in [-0.2, -0.15) is 0 Å². The van der Waals surface area contributed by atoms with E-state index in [1.807, 2.05) is 6.92 Å². The lowest BCUT2D eigenvalue weighted by Gasteiger charge is -2.06. The van der Waals surface area contributed by atoms with Crippen LogP contribution in [-0.2, 0) is 7.05 Å². The summed E-state index contributed by atoms with van der Waals surface area (Å²) in [6, 6.07) is 7.60. The summed E-state index contributed by atoms with van der Waals surface area (Å²) in [4.78, 5) is 12.2. The molecule has 0 fully saturated rings. The van der Waals surface area contributed by atoms with Crippen molar-refractivity contribution in [2.75, 3.05) is 5.73 Å². The molecule has 2 N–H and O–H groups in total. The highest BCUT2D eigenvalue weighted by molar-refractivity contribution is 6.11. The van der Waals surface area contributed by atoms with Crippen LogP contribution in [0, 0.1) is 12.7 Å². The molecule has 0 spiro atoms. The minimum absolute atomic E-state index is 0.0420. The standard InChI is InChI=1S/C13H13FN2O/c1-8-7-11(15)12(16(8)2)13(17)9-5-3-4-6-10(9)14/h3-7H,15H2,1-2H3. The molecule has 0 amide bonds. The number of anilines is 1. The van der Waals surface area contributed by atoms with Crippen molar-refractivity contribution in [3.05, 3.63) is 53.1 Å². The van der Waals surface area contributed by atoms with E-state index in [4.69, 9.17) is 5.73 Å². The average Bonchev–Trinajstić information content (AvgIpc) is 2.53. The Bertz CT molecular complexity index is 587. The van der Waals surface area contributed by atoms with Crippen LogP contribution >= 0.6 is 0 Å². The monoisotopic (exact) mass is 232 g/mol. The fourth-order valence-electron chi connectivity index (χ4n) is 1.82. The molecule has 0 aliphatic heterocycles. The van der Waals surface area contributed by atoms with Crippen molar-refractivity contribution in [1.29, 1.82) is 0 Å². The Hall–Kier alpha value is -2.10. The van der Waals surface area contributed by atoms with Crippen molar-refractivity contribution in [2.45, 2.75) is 6.92 Å². The Kier molecular flexibility index (Phi) is 2.71. The first-order valence-electron chi connectivity index (χ1n) is 5.23. The van der Waals surface area contributed by atoms with E-state index in [0.29, 0.717) is 11.4 Å². The number of hydrogen-bond donors (Lipinski definition) is 1. The summed E-state index contributed by atoms with van der Waals surface area (Å²) in [6.45, 7) is 1.84. The largest absolute Gasteiger partial charge is 0.397 e. The highest BCUT2D eigenvalue weighted by atomic mass is 19.1. The molecule has 0 saturated heterocycles. The first-order valence-corrected chi connectivity index (χ1v) is 5.23. The van der Waals surface area contributed by atoms with Gasteiger partial charge in [0.1, 0.15) is 11.5 Å². The number of ketones is 1. The van der Waals surface area contributed by atoms with Crippen molar-refractivity contribution >= 4 is 11.5 Å². The van der Waals surface area contributed by atoms with Crippen molar-refractivity contribution in [3.63, 3.8) is 0 Å². The normalized spacial score (nSPS) is 10.5. The van der Waals surface area contributed by atoms with Crippen LogP contribution < -0.4 is 5.73 Å². The zero-order valence-corrected chi connectivity index (χ0v) is 9.70. The van der Waals surface area contributed by atoms with Gasteiger partial charge >= 0.3 is 0 Å². The van der Waals surface area contributed by atoms with Gasteiger partial charge in [-0.3, -0.25) is 4.79 Å². The molecule has 2 rings (SSSR count). The van der Waals surface area contributed by atoms with E-state index >= 15 is 0 Å². The number of nitrogen functional groups attached to an aromatic ring is 1. The van der Waals surface area contributed by atoms with Gasteiger partial charge < -0.3 is 10.3 Å². The molecule has 4 heteroatoms. The molecule has 1 aromatic carbocycles. The maximum Gasteiger partial charge on any atom is 0.214 e. The zero-order valence-electron chi connectivity index (χ0n) is 9.70. The Morgan fingerprint density at radius 3 is 2.53 bits per heavy atom. The second-order valence-electron chi connectivity index (χ2n) is 3.96. The third-order valence-corrected chi connectivity index (χ3v) is 2.84. The Balaban J connectivity index is 2.55. The fourth-order valence-corrected chi connectivity index (χ4v) is 1.82. The molecule has 0 radical (unpaired) electrons. The quantitative estimate of drug-likeness (QED) is 0.807. The zero-order chi connectivity index (χ0) is 12.6. The molecule has 3 nitrogen and oxygen atoms in total. The van der Waals surface area contributed by atoms with Crippen LogP contribution in [0.15, 0.2) is 30.3 Å². The van der Waals surface area contributed by atoms with Crippen LogP contribution in [0.2, 0.25) is 0 Å². The van der Waals surface area contributed by atoms with E-state index in [2.05, 4.69) is 0 Å². The molecule has 0 unspecified atom stereocenters. The highest BCUT2D eigenvalue weighted by Crippen LogP contribution is 2.21. The molecule has 88 valence electrons. The molecule has 2 aromatic rings. The third kappa shape index (κ3) is 1.82. The number of halogens is 1. The van der Waals surface area contributed by atoms with Gasteiger partial charge in [0.15, 0.2) is 0 Å². The van der Waals surface area contributed by atoms with Crippen LogP contribution in [0.1, 0.15) is 21.7 Å². The molecule has 0 bridgehead atoms. The van der Waals surface area contributed by atoms with Crippen molar-refractivity contribution in [2.24, 2.45) is 7.05 Å². The number of rotatable bonds is 2. The lowest BCUT2D eigenvalue weighted by Crippen LogP contribution is -2.11. The molecule has 1 heterocycles. The minimum Gasteiger partial charge on any atom is -0.397 e. The predicted molar refractivity (Wildman–Crippen MR) is 64.4 cm³/mol. The Morgan fingerprint density at radius 2 is 2.00 bits per heavy atom. The summed E-state index contributed by atoms with van der Waals surface area (Å²) in [5.41, 5.74) is 7.37. The van der Waals surface area contributed by atoms with E-state index in [1.54, 1.807) is 29.8 Å². The summed E-state index contributed by atoms with van der Waals surface area (Å²) in [5, 5.41) is 0. The van der Waals surface area contributed by atoms with Gasteiger partial charge in [0.05, 0.1) is 11.3 Å². The molecule has 0 aliphatic rings. The molecule has 1 aromatic heterocycles. The maximum atomic E-state index is 13.5. The minimum atomic E-state index is -0.532. The highest BCUT2D eigenvalue weighted by Gasteiger charge is 2.20. The van der Waals surface area contributed by atoms with Gasteiger partial charge in [-0.05, 0) is 25.1 Å². The summed E-state index contributed by atoms with van der Waals surface area (Å²) >= 11 is 0. The van der Waals surface area contributed by atoms with Crippen molar-refractivity contribution in [3.8, 4) is 0 Å². The number of nitrogens with zero attached hydrogens (tertiary/aromatic N) is 1. The molecule has 17 heavy (non-hydrogen) atoms. The number of carbonyl (C=O) groups is 1. The van der Waals surface area contributed by atoms with Gasteiger partial charge in [-0.1, -0.05) is 12.1 Å². The first kappa shape index (κ1) is 11.4. The SMILES string of the molecule is Cc1cc(N)c(C(=O)c2ccccc2F)n1C. The Labute approximate surface area is 98.7 Å². The number of hydrogen-bond acceptors (Lipinski definition) is 2. The Morgan fingerprint density at radius 1 is 1.35 bits per heavy atom. The fraction of sp³-hybridized carbons (Fsp3) is 0.154. The number of carbonyl (C=O) groups excluding carboxylic acids is 1. The number of aromatic nitrogens is 1. The predicted octanol–water partition coefficient (Wildman–Crippen LogP) is 2.29.